The Morgan fingerprint density at radius 2 is 2.00 bits per heavy atom. The number of hydrogen-bond donors (Lipinski definition) is 3. The van der Waals surface area contributed by atoms with Crippen molar-refractivity contribution >= 4 is 40.6 Å². The third-order valence-electron chi connectivity index (χ3n) is 3.60. The Labute approximate surface area is 144 Å². The van der Waals surface area contributed by atoms with E-state index in [4.69, 9.17) is 16.7 Å². The summed E-state index contributed by atoms with van der Waals surface area (Å²) >= 11 is 6.21. The number of halogens is 1. The molecule has 1 amide bonds. The van der Waals surface area contributed by atoms with Gasteiger partial charge in [-0.25, -0.2) is 4.79 Å². The van der Waals surface area contributed by atoms with Gasteiger partial charge in [-0.05, 0) is 38.0 Å². The average molecular weight is 349 g/mol. The molecule has 0 radical (unpaired) electrons. The summed E-state index contributed by atoms with van der Waals surface area (Å²) in [6.45, 7) is 1.79. The van der Waals surface area contributed by atoms with Gasteiger partial charge < -0.3 is 15.7 Å². The smallest absolute Gasteiger partial charge is 0.328 e. The van der Waals surface area contributed by atoms with E-state index < -0.39 is 11.9 Å². The highest BCUT2D eigenvalue weighted by Gasteiger charge is 2.17. The molecule has 7 heteroatoms. The Morgan fingerprint density at radius 1 is 1.25 bits per heavy atom. The lowest BCUT2D eigenvalue weighted by molar-refractivity contribution is -0.131. The molecule has 0 atom stereocenters. The van der Waals surface area contributed by atoms with Crippen LogP contribution in [0.25, 0.3) is 0 Å². The minimum Gasteiger partial charge on any atom is -0.478 e. The number of carboxylic acid groups (broad SMARTS) is 1. The molecular weight excluding hydrogens is 332 g/mol. The van der Waals surface area contributed by atoms with Crippen LogP contribution in [0, 0.1) is 0 Å². The zero-order valence-corrected chi connectivity index (χ0v) is 13.8. The van der Waals surface area contributed by atoms with Crippen LogP contribution < -0.4 is 10.6 Å². The average Bonchev–Trinajstić information content (AvgIpc) is 2.52. The minimum atomic E-state index is -1.20. The molecule has 1 aliphatic rings. The van der Waals surface area contributed by atoms with E-state index >= 15 is 0 Å². The summed E-state index contributed by atoms with van der Waals surface area (Å²) in [6.07, 6.45) is 3.83. The molecule has 0 unspecified atom stereocenters. The van der Waals surface area contributed by atoms with Crippen LogP contribution >= 0.6 is 11.6 Å². The number of amides is 1. The number of benzene rings is 1. The number of ketones is 1. The number of carboxylic acids is 1. The molecule has 0 heterocycles. The third-order valence-corrected chi connectivity index (χ3v) is 3.91. The molecule has 1 aliphatic carbocycles. The van der Waals surface area contributed by atoms with Crippen LogP contribution in [0.15, 0.2) is 41.6 Å². The van der Waals surface area contributed by atoms with Crippen LogP contribution in [0.4, 0.5) is 11.4 Å². The highest BCUT2D eigenvalue weighted by Crippen LogP contribution is 2.30. The Hall–Kier alpha value is -2.60. The van der Waals surface area contributed by atoms with Crippen LogP contribution in [0.5, 0.6) is 0 Å². The fourth-order valence-corrected chi connectivity index (χ4v) is 2.54. The van der Waals surface area contributed by atoms with E-state index in [0.717, 1.165) is 30.7 Å². The number of hydrogen-bond acceptors (Lipinski definition) is 4. The molecule has 0 aliphatic heterocycles. The quantitative estimate of drug-likeness (QED) is 0.709. The number of carbonyl (C=O) groups excluding carboxylic acids is 2. The van der Waals surface area contributed by atoms with E-state index in [1.165, 1.54) is 0 Å². The summed E-state index contributed by atoms with van der Waals surface area (Å²) in [6, 6.07) is 4.89. The largest absolute Gasteiger partial charge is 0.478 e. The number of nitrogens with one attached hydrogen (secondary N) is 2. The summed E-state index contributed by atoms with van der Waals surface area (Å²) in [5, 5.41) is 14.6. The maximum Gasteiger partial charge on any atom is 0.328 e. The number of Topliss-reactive ketones (excluding diaryl/α,β-unsaturated/α-hetero) is 1. The summed E-state index contributed by atoms with van der Waals surface area (Å²) in [7, 11) is 0. The standard InChI is InChI=1S/C17H17ClN2O4/c1-10-13(3-2-4-15(10)21)20-14-6-5-11(9-12(14)18)19-16(22)7-8-17(23)24/h5-9,20H,2-4H2,1H3,(H,19,22)(H,23,24). The van der Waals surface area contributed by atoms with Crippen LogP contribution in [0.2, 0.25) is 5.02 Å². The zero-order chi connectivity index (χ0) is 17.7. The SMILES string of the molecule is CC1=C(Nc2ccc(NC(=O)C=CC(=O)O)cc2Cl)CCCC1=O. The van der Waals surface area contributed by atoms with Gasteiger partial charge in [0.05, 0.1) is 10.7 Å². The van der Waals surface area contributed by atoms with Crippen LogP contribution in [0.3, 0.4) is 0 Å². The van der Waals surface area contributed by atoms with E-state index in [1.807, 2.05) is 0 Å². The van der Waals surface area contributed by atoms with Crippen LogP contribution in [0.1, 0.15) is 26.2 Å². The predicted molar refractivity (Wildman–Crippen MR) is 92.0 cm³/mol. The molecule has 0 saturated heterocycles. The molecule has 3 N–H and O–H groups in total. The van der Waals surface area contributed by atoms with Crippen LogP contribution in [-0.4, -0.2) is 22.8 Å². The molecule has 1 aromatic carbocycles. The Morgan fingerprint density at radius 3 is 2.67 bits per heavy atom. The second-order valence-corrected chi connectivity index (χ2v) is 5.77. The predicted octanol–water partition coefficient (Wildman–Crippen LogP) is 3.36. The van der Waals surface area contributed by atoms with Gasteiger partial charge in [0.15, 0.2) is 5.78 Å². The summed E-state index contributed by atoms with van der Waals surface area (Å²) in [5.41, 5.74) is 2.65. The van der Waals surface area contributed by atoms with Crippen molar-refractivity contribution in [1.29, 1.82) is 0 Å². The van der Waals surface area contributed by atoms with E-state index in [9.17, 15) is 14.4 Å². The van der Waals surface area contributed by atoms with E-state index in [-0.39, 0.29) is 5.78 Å². The second-order valence-electron chi connectivity index (χ2n) is 5.36. The fourth-order valence-electron chi connectivity index (χ4n) is 2.31. The van der Waals surface area contributed by atoms with Crippen molar-refractivity contribution in [2.24, 2.45) is 0 Å². The molecule has 0 bridgehead atoms. The lowest BCUT2D eigenvalue weighted by atomic mass is 9.96. The van der Waals surface area contributed by atoms with Gasteiger partial charge in [-0.15, -0.1) is 0 Å². The van der Waals surface area contributed by atoms with Gasteiger partial charge >= 0.3 is 5.97 Å². The first-order valence-corrected chi connectivity index (χ1v) is 7.76. The maximum atomic E-state index is 11.7. The van der Waals surface area contributed by atoms with Crippen molar-refractivity contribution in [2.45, 2.75) is 26.2 Å². The minimum absolute atomic E-state index is 0.133. The molecular formula is C17H17ClN2O4. The lowest BCUT2D eigenvalue weighted by Gasteiger charge is -2.19. The van der Waals surface area contributed by atoms with Gasteiger partial charge in [0.1, 0.15) is 0 Å². The van der Waals surface area contributed by atoms with Crippen molar-refractivity contribution in [1.82, 2.24) is 0 Å². The van der Waals surface area contributed by atoms with Crippen LogP contribution in [-0.2, 0) is 14.4 Å². The molecule has 0 aromatic heterocycles. The number of anilines is 2. The zero-order valence-electron chi connectivity index (χ0n) is 13.1. The molecule has 0 spiro atoms. The Balaban J connectivity index is 2.10. The van der Waals surface area contributed by atoms with E-state index in [1.54, 1.807) is 25.1 Å². The summed E-state index contributed by atoms with van der Waals surface area (Å²) < 4.78 is 0. The second kappa shape index (κ2) is 7.79. The van der Waals surface area contributed by atoms with Crippen molar-refractivity contribution in [3.8, 4) is 0 Å². The number of rotatable bonds is 5. The molecule has 0 fully saturated rings. The summed E-state index contributed by atoms with van der Waals surface area (Å²) in [4.78, 5) is 33.7. The first kappa shape index (κ1) is 17.7. The van der Waals surface area contributed by atoms with Crippen molar-refractivity contribution in [3.05, 3.63) is 46.6 Å². The topological polar surface area (TPSA) is 95.5 Å². The van der Waals surface area contributed by atoms with Crippen molar-refractivity contribution in [2.75, 3.05) is 10.6 Å². The normalized spacial score (nSPS) is 14.8. The van der Waals surface area contributed by atoms with E-state index in [0.29, 0.717) is 28.4 Å². The first-order valence-electron chi connectivity index (χ1n) is 7.38. The monoisotopic (exact) mass is 348 g/mol. The highest BCUT2D eigenvalue weighted by atomic mass is 35.5. The van der Waals surface area contributed by atoms with Gasteiger partial charge in [0, 0.05) is 35.5 Å². The van der Waals surface area contributed by atoms with E-state index in [2.05, 4.69) is 10.6 Å². The molecule has 126 valence electrons. The third kappa shape index (κ3) is 4.70. The molecule has 2 rings (SSSR count). The van der Waals surface area contributed by atoms with Gasteiger partial charge in [0.2, 0.25) is 5.91 Å². The Bertz CT molecular complexity index is 753. The maximum absolute atomic E-state index is 11.7. The molecule has 6 nitrogen and oxygen atoms in total. The number of allylic oxidation sites excluding steroid dienone is 2. The Kier molecular flexibility index (Phi) is 5.76. The van der Waals surface area contributed by atoms with Gasteiger partial charge in [-0.3, -0.25) is 9.59 Å². The number of aliphatic carboxylic acids is 1. The van der Waals surface area contributed by atoms with Gasteiger partial charge in [-0.2, -0.15) is 0 Å². The fraction of sp³-hybridized carbons (Fsp3) is 0.235. The highest BCUT2D eigenvalue weighted by molar-refractivity contribution is 6.33. The van der Waals surface area contributed by atoms with Gasteiger partial charge in [-0.1, -0.05) is 11.6 Å². The molecule has 0 saturated carbocycles. The van der Waals surface area contributed by atoms with Crippen molar-refractivity contribution < 1.29 is 19.5 Å². The van der Waals surface area contributed by atoms with Crippen molar-refractivity contribution in [3.63, 3.8) is 0 Å². The molecule has 24 heavy (non-hydrogen) atoms. The first-order chi connectivity index (χ1) is 11.4. The summed E-state index contributed by atoms with van der Waals surface area (Å²) in [5.74, 6) is -1.63. The molecule has 1 aromatic rings. The lowest BCUT2D eigenvalue weighted by Crippen LogP contribution is -2.14. The van der Waals surface area contributed by atoms with Gasteiger partial charge in [0.25, 0.3) is 0 Å². The number of carbonyl (C=O) groups is 3.